The van der Waals surface area contributed by atoms with Crippen molar-refractivity contribution in [3.63, 3.8) is 0 Å². The van der Waals surface area contributed by atoms with Gasteiger partial charge < -0.3 is 4.74 Å². The molecule has 0 aliphatic carbocycles. The van der Waals surface area contributed by atoms with E-state index in [0.29, 0.717) is 5.75 Å². The molecule has 0 saturated heterocycles. The molecule has 0 aliphatic rings. The molecule has 6 nitrogen and oxygen atoms in total. The Balaban J connectivity index is 1.65. The van der Waals surface area contributed by atoms with Crippen molar-refractivity contribution >= 4 is 12.2 Å². The Morgan fingerprint density at radius 2 is 1.70 bits per heavy atom. The zero-order valence-electron chi connectivity index (χ0n) is 11.8. The van der Waals surface area contributed by atoms with Crippen LogP contribution in [0.2, 0.25) is 0 Å². The molecule has 0 unspecified atom stereocenters. The SMILES string of the molecule is O=C(Oc1ccc(/C=N\n2cnnc2)cc1)c1ccc(F)cc1. The van der Waals surface area contributed by atoms with Gasteiger partial charge >= 0.3 is 5.97 Å². The van der Waals surface area contributed by atoms with Gasteiger partial charge in [-0.3, -0.25) is 0 Å². The molecule has 3 aromatic rings. The molecule has 0 fully saturated rings. The van der Waals surface area contributed by atoms with Gasteiger partial charge in [-0.05, 0) is 54.1 Å². The Hall–Kier alpha value is -3.35. The number of carbonyl (C=O) groups excluding carboxylic acids is 1. The molecule has 0 spiro atoms. The van der Waals surface area contributed by atoms with Crippen LogP contribution in [0.15, 0.2) is 66.3 Å². The van der Waals surface area contributed by atoms with Gasteiger partial charge in [0.25, 0.3) is 0 Å². The van der Waals surface area contributed by atoms with Gasteiger partial charge in [0, 0.05) is 0 Å². The van der Waals surface area contributed by atoms with Gasteiger partial charge in [-0.15, -0.1) is 10.2 Å². The molecule has 23 heavy (non-hydrogen) atoms. The maximum absolute atomic E-state index is 12.8. The number of ether oxygens (including phenoxy) is 1. The summed E-state index contributed by atoms with van der Waals surface area (Å²) in [6.07, 6.45) is 4.56. The Morgan fingerprint density at radius 3 is 2.35 bits per heavy atom. The van der Waals surface area contributed by atoms with Gasteiger partial charge in [-0.1, -0.05) is 0 Å². The molecule has 0 saturated carbocycles. The van der Waals surface area contributed by atoms with Gasteiger partial charge in [0.1, 0.15) is 24.2 Å². The van der Waals surface area contributed by atoms with E-state index < -0.39 is 11.8 Å². The first-order valence-corrected chi connectivity index (χ1v) is 6.67. The topological polar surface area (TPSA) is 69.4 Å². The largest absolute Gasteiger partial charge is 0.423 e. The summed E-state index contributed by atoms with van der Waals surface area (Å²) >= 11 is 0. The highest BCUT2D eigenvalue weighted by molar-refractivity contribution is 5.91. The second-order valence-electron chi connectivity index (χ2n) is 4.55. The van der Waals surface area contributed by atoms with Crippen molar-refractivity contribution < 1.29 is 13.9 Å². The maximum atomic E-state index is 12.8. The van der Waals surface area contributed by atoms with Crippen molar-refractivity contribution in [3.8, 4) is 5.75 Å². The molecule has 7 heteroatoms. The number of aromatic nitrogens is 3. The van der Waals surface area contributed by atoms with Crippen molar-refractivity contribution in [2.24, 2.45) is 5.10 Å². The first-order chi connectivity index (χ1) is 11.2. The van der Waals surface area contributed by atoms with Crippen molar-refractivity contribution in [2.45, 2.75) is 0 Å². The van der Waals surface area contributed by atoms with Crippen LogP contribution >= 0.6 is 0 Å². The molecule has 0 atom stereocenters. The highest BCUT2D eigenvalue weighted by Gasteiger charge is 2.08. The number of esters is 1. The van der Waals surface area contributed by atoms with Crippen LogP contribution in [0.3, 0.4) is 0 Å². The average molecular weight is 310 g/mol. The van der Waals surface area contributed by atoms with Crippen LogP contribution < -0.4 is 4.74 Å². The Morgan fingerprint density at radius 1 is 1.04 bits per heavy atom. The van der Waals surface area contributed by atoms with Crippen LogP contribution in [0.1, 0.15) is 15.9 Å². The molecule has 1 aromatic heterocycles. The van der Waals surface area contributed by atoms with Crippen LogP contribution in [0.25, 0.3) is 0 Å². The number of hydrogen-bond acceptors (Lipinski definition) is 5. The lowest BCUT2D eigenvalue weighted by molar-refractivity contribution is 0.0734. The summed E-state index contributed by atoms with van der Waals surface area (Å²) in [5, 5.41) is 11.4. The minimum atomic E-state index is -0.545. The van der Waals surface area contributed by atoms with E-state index in [1.54, 1.807) is 30.5 Å². The maximum Gasteiger partial charge on any atom is 0.343 e. The number of carbonyl (C=O) groups is 1. The monoisotopic (exact) mass is 310 g/mol. The number of hydrogen-bond donors (Lipinski definition) is 0. The zero-order valence-corrected chi connectivity index (χ0v) is 11.8. The predicted molar refractivity (Wildman–Crippen MR) is 80.8 cm³/mol. The van der Waals surface area contributed by atoms with E-state index in [-0.39, 0.29) is 5.56 Å². The van der Waals surface area contributed by atoms with Gasteiger partial charge in [0.15, 0.2) is 0 Å². The summed E-state index contributed by atoms with van der Waals surface area (Å²) in [5.74, 6) is -0.560. The first kappa shape index (κ1) is 14.6. The fourth-order valence-corrected chi connectivity index (χ4v) is 1.76. The third-order valence-electron chi connectivity index (χ3n) is 2.92. The standard InChI is InChI=1S/C16H11FN4O2/c17-14-5-3-13(4-6-14)16(22)23-15-7-1-12(2-8-15)9-20-21-10-18-19-11-21/h1-11H/b20-9-. The predicted octanol–water partition coefficient (Wildman–Crippen LogP) is 2.52. The van der Waals surface area contributed by atoms with Gasteiger partial charge in [0.2, 0.25) is 0 Å². The summed E-state index contributed by atoms with van der Waals surface area (Å²) in [6, 6.07) is 12.0. The minimum Gasteiger partial charge on any atom is -0.423 e. The molecule has 0 amide bonds. The molecule has 0 radical (unpaired) electrons. The van der Waals surface area contributed by atoms with Crippen molar-refractivity contribution in [1.29, 1.82) is 0 Å². The highest BCUT2D eigenvalue weighted by Crippen LogP contribution is 2.14. The lowest BCUT2D eigenvalue weighted by Gasteiger charge is -2.04. The highest BCUT2D eigenvalue weighted by atomic mass is 19.1. The van der Waals surface area contributed by atoms with Crippen LogP contribution in [0.4, 0.5) is 4.39 Å². The van der Waals surface area contributed by atoms with Crippen LogP contribution in [0.5, 0.6) is 5.75 Å². The molecule has 0 aliphatic heterocycles. The third kappa shape index (κ3) is 3.85. The third-order valence-corrected chi connectivity index (χ3v) is 2.92. The summed E-state index contributed by atoms with van der Waals surface area (Å²) in [5.41, 5.74) is 1.10. The lowest BCUT2D eigenvalue weighted by atomic mass is 10.2. The second kappa shape index (κ2) is 6.61. The summed E-state index contributed by atoms with van der Waals surface area (Å²) in [7, 11) is 0. The number of benzene rings is 2. The fourth-order valence-electron chi connectivity index (χ4n) is 1.76. The summed E-state index contributed by atoms with van der Waals surface area (Å²) < 4.78 is 19.5. The van der Waals surface area contributed by atoms with Crippen LogP contribution in [-0.4, -0.2) is 27.1 Å². The Labute approximate surface area is 130 Å². The molecule has 2 aromatic carbocycles. The molecule has 3 rings (SSSR count). The van der Waals surface area contributed by atoms with Crippen LogP contribution in [-0.2, 0) is 0 Å². The molecule has 0 bridgehead atoms. The number of halogens is 1. The van der Waals surface area contributed by atoms with Crippen molar-refractivity contribution in [1.82, 2.24) is 14.9 Å². The molecular formula is C16H11FN4O2. The molecule has 0 N–H and O–H groups in total. The lowest BCUT2D eigenvalue weighted by Crippen LogP contribution is -2.08. The van der Waals surface area contributed by atoms with E-state index in [1.807, 2.05) is 0 Å². The first-order valence-electron chi connectivity index (χ1n) is 6.67. The number of nitrogens with zero attached hydrogens (tertiary/aromatic N) is 4. The fraction of sp³-hybridized carbons (Fsp3) is 0. The van der Waals surface area contributed by atoms with E-state index in [9.17, 15) is 9.18 Å². The molecule has 114 valence electrons. The van der Waals surface area contributed by atoms with E-state index in [1.165, 1.54) is 41.6 Å². The van der Waals surface area contributed by atoms with E-state index in [0.717, 1.165) is 5.56 Å². The molecule has 1 heterocycles. The Kier molecular flexibility index (Phi) is 4.19. The summed E-state index contributed by atoms with van der Waals surface area (Å²) in [4.78, 5) is 11.9. The van der Waals surface area contributed by atoms with Gasteiger partial charge in [0.05, 0.1) is 11.8 Å². The van der Waals surface area contributed by atoms with Gasteiger partial charge in [-0.25, -0.2) is 13.9 Å². The Bertz CT molecular complexity index is 812. The van der Waals surface area contributed by atoms with Crippen molar-refractivity contribution in [2.75, 3.05) is 0 Å². The van der Waals surface area contributed by atoms with E-state index in [2.05, 4.69) is 15.3 Å². The molecular weight excluding hydrogens is 299 g/mol. The zero-order chi connectivity index (χ0) is 16.1. The number of rotatable bonds is 4. The minimum absolute atomic E-state index is 0.282. The van der Waals surface area contributed by atoms with E-state index in [4.69, 9.17) is 4.74 Å². The summed E-state index contributed by atoms with van der Waals surface area (Å²) in [6.45, 7) is 0. The van der Waals surface area contributed by atoms with Crippen molar-refractivity contribution in [3.05, 3.63) is 78.1 Å². The normalized spacial score (nSPS) is 10.8. The average Bonchev–Trinajstić information content (AvgIpc) is 3.08. The second-order valence-corrected chi connectivity index (χ2v) is 4.55. The quantitative estimate of drug-likeness (QED) is 0.422. The van der Waals surface area contributed by atoms with E-state index >= 15 is 0 Å². The van der Waals surface area contributed by atoms with Crippen LogP contribution in [0, 0.1) is 5.82 Å². The van der Waals surface area contributed by atoms with Gasteiger partial charge in [-0.2, -0.15) is 5.10 Å². The smallest absolute Gasteiger partial charge is 0.343 e.